The molecule has 1 aliphatic rings. The first-order valence-corrected chi connectivity index (χ1v) is 8.86. The van der Waals surface area contributed by atoms with Gasteiger partial charge in [0.05, 0.1) is 4.90 Å². The van der Waals surface area contributed by atoms with Crippen LogP contribution in [-0.2, 0) is 23.1 Å². The van der Waals surface area contributed by atoms with Gasteiger partial charge in [-0.15, -0.1) is 0 Å². The van der Waals surface area contributed by atoms with Crippen LogP contribution in [0.25, 0.3) is 0 Å². The molecule has 1 heterocycles. The summed E-state index contributed by atoms with van der Waals surface area (Å²) in [4.78, 5) is 0.377. The minimum Gasteiger partial charge on any atom is -0.309 e. The largest absolute Gasteiger partial charge is 0.309 e. The van der Waals surface area contributed by atoms with E-state index in [1.807, 2.05) is 13.0 Å². The third-order valence-corrected chi connectivity index (χ3v) is 5.30. The van der Waals surface area contributed by atoms with Crippen molar-refractivity contribution in [1.82, 2.24) is 10.0 Å². The first-order valence-electron chi connectivity index (χ1n) is 7.38. The fourth-order valence-corrected chi connectivity index (χ4v) is 3.86. The molecule has 5 heteroatoms. The van der Waals surface area contributed by atoms with Crippen LogP contribution >= 0.6 is 0 Å². The smallest absolute Gasteiger partial charge is 0.240 e. The van der Waals surface area contributed by atoms with Crippen molar-refractivity contribution in [2.45, 2.75) is 63.6 Å². The maximum atomic E-state index is 12.3. The highest BCUT2D eigenvalue weighted by Gasteiger charge is 2.19. The van der Waals surface area contributed by atoms with Crippen molar-refractivity contribution in [2.75, 3.05) is 0 Å². The summed E-state index contributed by atoms with van der Waals surface area (Å²) in [6, 6.07) is 5.38. The number of fused-ring (bicyclic) bond motifs is 1. The summed E-state index contributed by atoms with van der Waals surface area (Å²) in [5.41, 5.74) is 2.28. The van der Waals surface area contributed by atoms with Crippen LogP contribution in [0.2, 0.25) is 0 Å². The van der Waals surface area contributed by atoms with Gasteiger partial charge >= 0.3 is 0 Å². The van der Waals surface area contributed by atoms with Crippen molar-refractivity contribution in [1.29, 1.82) is 0 Å². The summed E-state index contributed by atoms with van der Waals surface area (Å²) in [5.74, 6) is 0. The van der Waals surface area contributed by atoms with Gasteiger partial charge in [-0.3, -0.25) is 0 Å². The normalized spacial score (nSPS) is 16.1. The molecule has 0 saturated carbocycles. The number of sulfonamides is 1. The number of nitrogens with one attached hydrogen (secondary N) is 2. The Bertz CT molecular complexity index is 555. The van der Waals surface area contributed by atoms with Gasteiger partial charge in [0.25, 0.3) is 0 Å². The van der Waals surface area contributed by atoms with Crippen LogP contribution in [0.15, 0.2) is 23.1 Å². The molecule has 0 amide bonds. The minimum atomic E-state index is -3.40. The molecule has 0 spiro atoms. The number of unbranched alkanes of at least 4 members (excludes halogenated alkanes) is 2. The average molecular weight is 296 g/mol. The number of rotatable bonds is 7. The average Bonchev–Trinajstić information content (AvgIpc) is 2.85. The van der Waals surface area contributed by atoms with Crippen LogP contribution in [-0.4, -0.2) is 14.5 Å². The molecule has 112 valence electrons. The summed E-state index contributed by atoms with van der Waals surface area (Å²) in [6.45, 7) is 5.66. The highest BCUT2D eigenvalue weighted by molar-refractivity contribution is 7.89. The lowest BCUT2D eigenvalue weighted by Gasteiger charge is -2.14. The van der Waals surface area contributed by atoms with Crippen molar-refractivity contribution in [2.24, 2.45) is 0 Å². The van der Waals surface area contributed by atoms with Gasteiger partial charge in [-0.25, -0.2) is 13.1 Å². The van der Waals surface area contributed by atoms with E-state index in [1.165, 1.54) is 5.56 Å². The second kappa shape index (κ2) is 6.70. The Labute approximate surface area is 122 Å². The Morgan fingerprint density at radius 2 is 2.00 bits per heavy atom. The Balaban J connectivity index is 2.03. The van der Waals surface area contributed by atoms with E-state index < -0.39 is 10.0 Å². The molecule has 4 nitrogen and oxygen atoms in total. The second-order valence-electron chi connectivity index (χ2n) is 5.55. The number of benzene rings is 1. The minimum absolute atomic E-state index is 0.0158. The zero-order valence-corrected chi connectivity index (χ0v) is 13.1. The molecule has 0 aliphatic carbocycles. The highest BCUT2D eigenvalue weighted by Crippen LogP contribution is 2.20. The maximum Gasteiger partial charge on any atom is 0.240 e. The fraction of sp³-hybridized carbons (Fsp3) is 0.600. The van der Waals surface area contributed by atoms with Gasteiger partial charge in [0, 0.05) is 19.1 Å². The Hall–Kier alpha value is -0.910. The van der Waals surface area contributed by atoms with E-state index in [9.17, 15) is 8.42 Å². The van der Waals surface area contributed by atoms with Crippen molar-refractivity contribution in [3.05, 3.63) is 29.3 Å². The lowest BCUT2D eigenvalue weighted by molar-refractivity contribution is 0.527. The van der Waals surface area contributed by atoms with Gasteiger partial charge in [0.15, 0.2) is 0 Å². The topological polar surface area (TPSA) is 58.2 Å². The molecule has 0 fully saturated rings. The predicted molar refractivity (Wildman–Crippen MR) is 80.9 cm³/mol. The predicted octanol–water partition coefficient (Wildman–Crippen LogP) is 2.54. The van der Waals surface area contributed by atoms with Gasteiger partial charge in [-0.1, -0.05) is 32.3 Å². The molecule has 0 radical (unpaired) electrons. The zero-order chi connectivity index (χ0) is 14.6. The molecule has 0 bridgehead atoms. The van der Waals surface area contributed by atoms with Crippen molar-refractivity contribution in [3.63, 3.8) is 0 Å². The van der Waals surface area contributed by atoms with Gasteiger partial charge in [-0.2, -0.15) is 0 Å². The van der Waals surface area contributed by atoms with E-state index in [4.69, 9.17) is 0 Å². The fourth-order valence-electron chi connectivity index (χ4n) is 2.53. The molecule has 1 atom stereocenters. The summed E-state index contributed by atoms with van der Waals surface area (Å²) in [5, 5.41) is 3.23. The zero-order valence-electron chi connectivity index (χ0n) is 12.3. The summed E-state index contributed by atoms with van der Waals surface area (Å²) >= 11 is 0. The van der Waals surface area contributed by atoms with Crippen LogP contribution in [0, 0.1) is 0 Å². The molecule has 20 heavy (non-hydrogen) atoms. The molecule has 1 aromatic rings. The van der Waals surface area contributed by atoms with Crippen molar-refractivity contribution >= 4 is 10.0 Å². The van der Waals surface area contributed by atoms with E-state index >= 15 is 0 Å². The van der Waals surface area contributed by atoms with Gasteiger partial charge in [-0.05, 0) is 36.6 Å². The molecular formula is C15H24N2O2S. The molecule has 0 aromatic heterocycles. The third kappa shape index (κ3) is 3.81. The van der Waals surface area contributed by atoms with Crippen LogP contribution in [0.5, 0.6) is 0 Å². The van der Waals surface area contributed by atoms with Crippen LogP contribution in [0.3, 0.4) is 0 Å². The summed E-state index contributed by atoms with van der Waals surface area (Å²) in [7, 11) is -3.40. The first kappa shape index (κ1) is 15.5. The molecule has 2 N–H and O–H groups in total. The Kier molecular flexibility index (Phi) is 5.18. The Morgan fingerprint density at radius 1 is 1.25 bits per heavy atom. The van der Waals surface area contributed by atoms with Crippen LogP contribution < -0.4 is 10.0 Å². The van der Waals surface area contributed by atoms with Gasteiger partial charge in [0.1, 0.15) is 0 Å². The standard InChI is InChI=1S/C15H24N2O2S/c1-3-4-5-6-12(2)17-20(18,19)15-8-7-13-10-16-11-14(13)9-15/h7-9,12,16-17H,3-6,10-11H2,1-2H3. The SMILES string of the molecule is CCCCCC(C)NS(=O)(=O)c1ccc2c(c1)CNC2. The van der Waals surface area contributed by atoms with Crippen LogP contribution in [0.4, 0.5) is 0 Å². The summed E-state index contributed by atoms with van der Waals surface area (Å²) < 4.78 is 27.5. The molecule has 1 aliphatic heterocycles. The van der Waals surface area contributed by atoms with Crippen molar-refractivity contribution < 1.29 is 8.42 Å². The van der Waals surface area contributed by atoms with E-state index in [1.54, 1.807) is 12.1 Å². The second-order valence-corrected chi connectivity index (χ2v) is 7.27. The maximum absolute atomic E-state index is 12.3. The number of hydrogen-bond donors (Lipinski definition) is 2. The van der Waals surface area contributed by atoms with E-state index in [2.05, 4.69) is 17.0 Å². The lowest BCUT2D eigenvalue weighted by atomic mass is 10.1. The molecule has 1 aromatic carbocycles. The van der Waals surface area contributed by atoms with E-state index in [0.717, 1.165) is 44.3 Å². The van der Waals surface area contributed by atoms with Gasteiger partial charge < -0.3 is 5.32 Å². The van der Waals surface area contributed by atoms with Gasteiger partial charge in [0.2, 0.25) is 10.0 Å². The van der Waals surface area contributed by atoms with E-state index in [0.29, 0.717) is 4.90 Å². The van der Waals surface area contributed by atoms with E-state index in [-0.39, 0.29) is 6.04 Å². The number of hydrogen-bond acceptors (Lipinski definition) is 3. The summed E-state index contributed by atoms with van der Waals surface area (Å²) in [6.07, 6.45) is 4.25. The monoisotopic (exact) mass is 296 g/mol. The molecule has 0 saturated heterocycles. The van der Waals surface area contributed by atoms with Crippen LogP contribution in [0.1, 0.15) is 50.7 Å². The Morgan fingerprint density at radius 3 is 2.75 bits per heavy atom. The quantitative estimate of drug-likeness (QED) is 0.760. The molecule has 1 unspecified atom stereocenters. The highest BCUT2D eigenvalue weighted by atomic mass is 32.2. The third-order valence-electron chi connectivity index (χ3n) is 3.72. The van der Waals surface area contributed by atoms with Crippen molar-refractivity contribution in [3.8, 4) is 0 Å². The first-order chi connectivity index (χ1) is 9.53. The lowest BCUT2D eigenvalue weighted by Crippen LogP contribution is -2.32. The molecular weight excluding hydrogens is 272 g/mol. The molecule has 2 rings (SSSR count).